The van der Waals surface area contributed by atoms with Gasteiger partial charge in [-0.2, -0.15) is 4.98 Å². The van der Waals surface area contributed by atoms with Gasteiger partial charge in [-0.3, -0.25) is 19.4 Å². The molecule has 0 aliphatic heterocycles. The molecule has 0 saturated carbocycles. The van der Waals surface area contributed by atoms with Gasteiger partial charge < -0.3 is 35.8 Å². The molecule has 13 heteroatoms. The highest BCUT2D eigenvalue weighted by molar-refractivity contribution is 6.08. The number of hydrogen-bond donors (Lipinski definition) is 4. The average molecular weight is 604 g/mol. The minimum atomic E-state index is -0.427. The first-order valence-electron chi connectivity index (χ1n) is 14.3. The Bertz CT molecular complexity index is 1430. The van der Waals surface area contributed by atoms with Crippen LogP contribution >= 0.6 is 0 Å². The molecule has 3 amide bonds. The molecule has 0 fully saturated rings. The van der Waals surface area contributed by atoms with Crippen molar-refractivity contribution in [2.45, 2.75) is 19.8 Å². The van der Waals surface area contributed by atoms with Gasteiger partial charge in [-0.15, -0.1) is 0 Å². The van der Waals surface area contributed by atoms with Crippen molar-refractivity contribution in [1.29, 1.82) is 0 Å². The predicted molar refractivity (Wildman–Crippen MR) is 172 cm³/mol. The third-order valence-electron chi connectivity index (χ3n) is 6.24. The van der Waals surface area contributed by atoms with Crippen LogP contribution < -0.4 is 26.0 Å². The molecule has 0 unspecified atom stereocenters. The van der Waals surface area contributed by atoms with Gasteiger partial charge in [-0.1, -0.05) is 13.0 Å². The molecule has 2 heterocycles. The lowest BCUT2D eigenvalue weighted by atomic mass is 10.2. The van der Waals surface area contributed by atoms with Gasteiger partial charge in [0.15, 0.2) is 0 Å². The van der Waals surface area contributed by atoms with E-state index < -0.39 is 11.8 Å². The Balaban J connectivity index is 1.68. The van der Waals surface area contributed by atoms with E-state index in [9.17, 15) is 14.4 Å². The number of benzene rings is 1. The van der Waals surface area contributed by atoms with E-state index in [-0.39, 0.29) is 18.0 Å². The van der Waals surface area contributed by atoms with Crippen LogP contribution in [0.1, 0.15) is 29.3 Å². The van der Waals surface area contributed by atoms with Crippen LogP contribution in [0.4, 0.5) is 23.1 Å². The summed E-state index contributed by atoms with van der Waals surface area (Å²) in [6, 6.07) is 8.78. The summed E-state index contributed by atoms with van der Waals surface area (Å²) in [4.78, 5) is 54.5. The maximum atomic E-state index is 13.3. The number of anilines is 4. The zero-order valence-corrected chi connectivity index (χ0v) is 25.9. The Kier molecular flexibility index (Phi) is 13.1. The molecule has 0 aliphatic carbocycles. The quantitative estimate of drug-likeness (QED) is 0.180. The summed E-state index contributed by atoms with van der Waals surface area (Å²) in [7, 11) is 6.81. The number of aromatic nitrogens is 3. The first kappa shape index (κ1) is 33.5. The number of carbonyl (C=O) groups excluding carboxylic acids is 3. The van der Waals surface area contributed by atoms with Gasteiger partial charge in [-0.05, 0) is 62.8 Å². The summed E-state index contributed by atoms with van der Waals surface area (Å²) >= 11 is 0. The van der Waals surface area contributed by atoms with Crippen molar-refractivity contribution in [2.24, 2.45) is 0 Å². The topological polar surface area (TPSA) is 154 Å². The number of hydrogen-bond acceptors (Lipinski definition) is 10. The SMILES string of the molecule is CCCNc1nc(NCCc2ccncc2)ncc1C(=O)Nc1ccc(OC)c(NC(=O)CN(C)C(=O)/C=C/CN(C)C)c1. The Morgan fingerprint density at radius 1 is 1.00 bits per heavy atom. The summed E-state index contributed by atoms with van der Waals surface area (Å²) in [6.45, 7) is 3.69. The van der Waals surface area contributed by atoms with Crippen LogP contribution in [0, 0.1) is 0 Å². The van der Waals surface area contributed by atoms with Crippen LogP contribution in [0.15, 0.2) is 61.1 Å². The number of ether oxygens (including phenoxy) is 1. The summed E-state index contributed by atoms with van der Waals surface area (Å²) in [5.41, 5.74) is 2.16. The summed E-state index contributed by atoms with van der Waals surface area (Å²) in [5.74, 6) is 0.0615. The Hall–Kier alpha value is -5.04. The van der Waals surface area contributed by atoms with Crippen molar-refractivity contribution >= 4 is 40.9 Å². The highest BCUT2D eigenvalue weighted by atomic mass is 16.5. The van der Waals surface area contributed by atoms with Crippen molar-refractivity contribution in [2.75, 3.05) is 75.7 Å². The van der Waals surface area contributed by atoms with Gasteiger partial charge in [0.05, 0.1) is 19.3 Å². The average Bonchev–Trinajstić information content (AvgIpc) is 3.00. The fourth-order valence-electron chi connectivity index (χ4n) is 3.94. The molecule has 2 aromatic heterocycles. The monoisotopic (exact) mass is 603 g/mol. The molecule has 1 aromatic carbocycles. The highest BCUT2D eigenvalue weighted by Gasteiger charge is 2.17. The van der Waals surface area contributed by atoms with Crippen molar-refractivity contribution in [3.63, 3.8) is 0 Å². The van der Waals surface area contributed by atoms with Gasteiger partial charge in [-0.25, -0.2) is 4.98 Å². The Morgan fingerprint density at radius 2 is 1.77 bits per heavy atom. The van der Waals surface area contributed by atoms with Crippen LogP contribution in [0.3, 0.4) is 0 Å². The Morgan fingerprint density at radius 3 is 2.48 bits per heavy atom. The lowest BCUT2D eigenvalue weighted by Gasteiger charge is -2.17. The summed E-state index contributed by atoms with van der Waals surface area (Å²) in [6.07, 6.45) is 9.74. The molecule has 3 aromatic rings. The van der Waals surface area contributed by atoms with Gasteiger partial charge in [0.25, 0.3) is 5.91 Å². The summed E-state index contributed by atoms with van der Waals surface area (Å²) in [5, 5.41) is 12.0. The molecule has 0 atom stereocenters. The number of methoxy groups -OCH3 is 1. The van der Waals surface area contributed by atoms with E-state index in [4.69, 9.17) is 4.74 Å². The number of carbonyl (C=O) groups is 3. The molecule has 234 valence electrons. The zero-order chi connectivity index (χ0) is 31.9. The number of pyridine rings is 1. The van der Waals surface area contributed by atoms with Crippen LogP contribution in [0.5, 0.6) is 5.75 Å². The van der Waals surface area contributed by atoms with Crippen LogP contribution in [-0.2, 0) is 16.0 Å². The smallest absolute Gasteiger partial charge is 0.260 e. The van der Waals surface area contributed by atoms with Crippen LogP contribution in [0.2, 0.25) is 0 Å². The van der Waals surface area contributed by atoms with Gasteiger partial charge in [0.2, 0.25) is 17.8 Å². The molecule has 4 N–H and O–H groups in total. The van der Waals surface area contributed by atoms with Crippen molar-refractivity contribution in [1.82, 2.24) is 24.8 Å². The van der Waals surface area contributed by atoms with E-state index in [0.717, 1.165) is 18.4 Å². The van der Waals surface area contributed by atoms with E-state index in [0.29, 0.717) is 48.5 Å². The number of rotatable bonds is 16. The maximum absolute atomic E-state index is 13.3. The highest BCUT2D eigenvalue weighted by Crippen LogP contribution is 2.28. The maximum Gasteiger partial charge on any atom is 0.260 e. The minimum Gasteiger partial charge on any atom is -0.495 e. The lowest BCUT2D eigenvalue weighted by Crippen LogP contribution is -2.34. The van der Waals surface area contributed by atoms with E-state index >= 15 is 0 Å². The van der Waals surface area contributed by atoms with E-state index in [1.165, 1.54) is 24.3 Å². The second-order valence-electron chi connectivity index (χ2n) is 10.2. The molecular formula is C31H41N9O4. The first-order chi connectivity index (χ1) is 21.2. The van der Waals surface area contributed by atoms with Gasteiger partial charge in [0.1, 0.15) is 17.1 Å². The number of amides is 3. The van der Waals surface area contributed by atoms with Crippen molar-refractivity contribution < 1.29 is 19.1 Å². The normalized spacial score (nSPS) is 10.9. The molecule has 0 spiro atoms. The number of likely N-dealkylation sites (N-methyl/N-ethyl adjacent to an activating group) is 2. The van der Waals surface area contributed by atoms with Crippen LogP contribution in [0.25, 0.3) is 0 Å². The van der Waals surface area contributed by atoms with Crippen molar-refractivity contribution in [3.8, 4) is 5.75 Å². The molecule has 3 rings (SSSR count). The third-order valence-corrected chi connectivity index (χ3v) is 6.24. The molecular weight excluding hydrogens is 562 g/mol. The Labute approximate surface area is 258 Å². The second kappa shape index (κ2) is 17.2. The molecule has 0 saturated heterocycles. The molecule has 0 bridgehead atoms. The summed E-state index contributed by atoms with van der Waals surface area (Å²) < 4.78 is 5.39. The van der Waals surface area contributed by atoms with Crippen molar-refractivity contribution in [3.05, 3.63) is 72.2 Å². The fraction of sp³-hybridized carbons (Fsp3) is 0.355. The first-order valence-corrected chi connectivity index (χ1v) is 14.3. The van der Waals surface area contributed by atoms with Crippen LogP contribution in [-0.4, -0.2) is 96.9 Å². The third kappa shape index (κ3) is 10.7. The second-order valence-corrected chi connectivity index (χ2v) is 10.2. The zero-order valence-electron chi connectivity index (χ0n) is 25.9. The van der Waals surface area contributed by atoms with E-state index in [1.807, 2.05) is 38.1 Å². The standard InChI is InChI=1S/C31H41N9O4/c1-6-14-33-29-24(20-35-31(38-29)34-17-13-22-11-15-32-16-12-22)30(43)36-23-9-10-26(44-5)25(19-23)37-27(41)21-40(4)28(42)8-7-18-39(2)3/h7-12,15-16,19-20H,6,13-14,17-18,21H2,1-5H3,(H,36,43)(H,37,41)(H2,33,34,35,38)/b8-7+. The minimum absolute atomic E-state index is 0.169. The van der Waals surface area contributed by atoms with Gasteiger partial charge in [0, 0.05) is 57.0 Å². The number of nitrogens with one attached hydrogen (secondary N) is 4. The predicted octanol–water partition coefficient (Wildman–Crippen LogP) is 3.12. The number of nitrogens with zero attached hydrogens (tertiary/aromatic N) is 5. The largest absolute Gasteiger partial charge is 0.495 e. The molecule has 0 radical (unpaired) electrons. The molecule has 44 heavy (non-hydrogen) atoms. The fourth-order valence-corrected chi connectivity index (χ4v) is 3.94. The lowest BCUT2D eigenvalue weighted by molar-refractivity contribution is -0.129. The van der Waals surface area contributed by atoms with Gasteiger partial charge >= 0.3 is 0 Å². The van der Waals surface area contributed by atoms with E-state index in [2.05, 4.69) is 36.2 Å². The molecule has 13 nitrogen and oxygen atoms in total. The molecule has 0 aliphatic rings. The van der Waals surface area contributed by atoms with E-state index in [1.54, 1.807) is 43.7 Å².